The van der Waals surface area contributed by atoms with Crippen molar-refractivity contribution in [3.8, 4) is 5.75 Å². The minimum atomic E-state index is 0.345. The number of rotatable bonds is 3. The van der Waals surface area contributed by atoms with Gasteiger partial charge in [-0.05, 0) is 47.8 Å². The van der Waals surface area contributed by atoms with Gasteiger partial charge in [0.15, 0.2) is 12.6 Å². The Balaban J connectivity index is 3.72. The summed E-state index contributed by atoms with van der Waals surface area (Å²) in [4.78, 5) is 21.7. The summed E-state index contributed by atoms with van der Waals surface area (Å²) < 4.78 is 6.53. The second kappa shape index (κ2) is 5.23. The second-order valence-electron chi connectivity index (χ2n) is 2.54. The van der Waals surface area contributed by atoms with Gasteiger partial charge in [0.2, 0.25) is 0 Å². The highest BCUT2D eigenvalue weighted by atomic mass is 79.9. The third-order valence-corrected chi connectivity index (χ3v) is 4.21. The predicted molar refractivity (Wildman–Crippen MR) is 66.9 cm³/mol. The highest BCUT2D eigenvalue weighted by Crippen LogP contribution is 2.42. The molecule has 15 heavy (non-hydrogen) atoms. The molecular formula is C9H5Br3O3. The smallest absolute Gasteiger partial charge is 0.152 e. The van der Waals surface area contributed by atoms with Crippen molar-refractivity contribution in [1.82, 2.24) is 0 Å². The van der Waals surface area contributed by atoms with Gasteiger partial charge < -0.3 is 4.74 Å². The van der Waals surface area contributed by atoms with Crippen LogP contribution in [0.1, 0.15) is 20.7 Å². The number of hydrogen-bond donors (Lipinski definition) is 0. The maximum absolute atomic E-state index is 10.8. The maximum atomic E-state index is 10.8. The van der Waals surface area contributed by atoms with Gasteiger partial charge in [-0.2, -0.15) is 0 Å². The average molecular weight is 401 g/mol. The van der Waals surface area contributed by atoms with E-state index in [2.05, 4.69) is 47.8 Å². The van der Waals surface area contributed by atoms with Gasteiger partial charge >= 0.3 is 0 Å². The van der Waals surface area contributed by atoms with Crippen molar-refractivity contribution < 1.29 is 14.3 Å². The normalized spacial score (nSPS) is 9.87. The summed E-state index contributed by atoms with van der Waals surface area (Å²) >= 11 is 9.66. The Bertz CT molecular complexity index is 394. The largest absolute Gasteiger partial charge is 0.494 e. The first-order valence-electron chi connectivity index (χ1n) is 3.73. The molecule has 0 saturated heterocycles. The number of hydrogen-bond acceptors (Lipinski definition) is 3. The molecule has 6 heteroatoms. The Labute approximate surface area is 112 Å². The summed E-state index contributed by atoms with van der Waals surface area (Å²) in [5, 5.41) is 0. The van der Waals surface area contributed by atoms with Crippen LogP contribution in [0.25, 0.3) is 0 Å². The van der Waals surface area contributed by atoms with Crippen LogP contribution in [-0.4, -0.2) is 19.7 Å². The fraction of sp³-hybridized carbons (Fsp3) is 0.111. The van der Waals surface area contributed by atoms with Crippen LogP contribution in [0.4, 0.5) is 0 Å². The van der Waals surface area contributed by atoms with Crippen molar-refractivity contribution in [1.29, 1.82) is 0 Å². The van der Waals surface area contributed by atoms with Gasteiger partial charge in [-0.1, -0.05) is 0 Å². The lowest BCUT2D eigenvalue weighted by Crippen LogP contribution is -1.98. The fourth-order valence-electron chi connectivity index (χ4n) is 1.06. The molecule has 0 heterocycles. The fourth-order valence-corrected chi connectivity index (χ4v) is 3.75. The molecular weight excluding hydrogens is 396 g/mol. The van der Waals surface area contributed by atoms with Crippen molar-refractivity contribution in [2.24, 2.45) is 0 Å². The molecule has 0 amide bonds. The topological polar surface area (TPSA) is 43.4 Å². The number of carbonyl (C=O) groups excluding carboxylic acids is 2. The van der Waals surface area contributed by atoms with Gasteiger partial charge in [-0.15, -0.1) is 0 Å². The zero-order valence-corrected chi connectivity index (χ0v) is 12.3. The molecule has 1 aromatic carbocycles. The Kier molecular flexibility index (Phi) is 4.48. The van der Waals surface area contributed by atoms with E-state index in [1.165, 1.54) is 7.11 Å². The lowest BCUT2D eigenvalue weighted by Gasteiger charge is -2.12. The number of carbonyl (C=O) groups is 2. The lowest BCUT2D eigenvalue weighted by molar-refractivity contribution is 0.112. The quantitative estimate of drug-likeness (QED) is 0.728. The van der Waals surface area contributed by atoms with Crippen LogP contribution in [0, 0.1) is 0 Å². The molecule has 3 nitrogen and oxygen atoms in total. The van der Waals surface area contributed by atoms with E-state index in [0.717, 1.165) is 0 Å². The molecule has 0 aliphatic heterocycles. The summed E-state index contributed by atoms with van der Waals surface area (Å²) in [5.41, 5.74) is 0.689. The van der Waals surface area contributed by atoms with Gasteiger partial charge in [0.05, 0.1) is 16.1 Å². The van der Waals surface area contributed by atoms with E-state index in [0.29, 0.717) is 42.9 Å². The van der Waals surface area contributed by atoms with E-state index in [-0.39, 0.29) is 0 Å². The number of methoxy groups -OCH3 is 1. The number of ether oxygens (including phenoxy) is 1. The molecule has 0 bridgehead atoms. The third-order valence-electron chi connectivity index (χ3n) is 1.78. The van der Waals surface area contributed by atoms with E-state index in [9.17, 15) is 9.59 Å². The summed E-state index contributed by atoms with van der Waals surface area (Å²) in [5.74, 6) is 0.419. The minimum Gasteiger partial charge on any atom is -0.494 e. The maximum Gasteiger partial charge on any atom is 0.152 e. The Morgan fingerprint density at radius 3 is 1.60 bits per heavy atom. The molecule has 0 atom stereocenters. The minimum absolute atomic E-state index is 0.345. The molecule has 1 rings (SSSR count). The number of benzene rings is 1. The Hall–Kier alpha value is -0.200. The third kappa shape index (κ3) is 2.16. The van der Waals surface area contributed by atoms with Crippen LogP contribution < -0.4 is 4.74 Å². The van der Waals surface area contributed by atoms with Crippen LogP contribution in [0.15, 0.2) is 13.4 Å². The highest BCUT2D eigenvalue weighted by Gasteiger charge is 2.19. The van der Waals surface area contributed by atoms with Gasteiger partial charge in [0.25, 0.3) is 0 Å². The van der Waals surface area contributed by atoms with Crippen LogP contribution in [-0.2, 0) is 0 Å². The second-order valence-corrected chi connectivity index (χ2v) is 4.92. The lowest BCUT2D eigenvalue weighted by atomic mass is 10.1. The van der Waals surface area contributed by atoms with Crippen LogP contribution in [0.2, 0.25) is 0 Å². The van der Waals surface area contributed by atoms with Gasteiger partial charge in [-0.3, -0.25) is 9.59 Å². The molecule has 0 spiro atoms. The Morgan fingerprint density at radius 1 is 0.933 bits per heavy atom. The summed E-state index contributed by atoms with van der Waals surface area (Å²) in [7, 11) is 1.46. The monoisotopic (exact) mass is 398 g/mol. The molecule has 0 fully saturated rings. The van der Waals surface area contributed by atoms with Crippen molar-refractivity contribution in [3.63, 3.8) is 0 Å². The molecule has 0 unspecified atom stereocenters. The highest BCUT2D eigenvalue weighted by molar-refractivity contribution is 9.11. The summed E-state index contributed by atoms with van der Waals surface area (Å²) in [6, 6.07) is 0. The SMILES string of the molecule is COc1c(Br)c(C=O)c(Br)c(C=O)c1Br. The molecule has 0 aliphatic rings. The van der Waals surface area contributed by atoms with E-state index >= 15 is 0 Å². The standard InChI is InChI=1S/C9H5Br3O3/c1-15-9-7(11)4(2-13)6(10)5(3-14)8(9)12/h2-3H,1H3. The van der Waals surface area contributed by atoms with Gasteiger partial charge in [0, 0.05) is 15.6 Å². The van der Waals surface area contributed by atoms with Crippen LogP contribution in [0.5, 0.6) is 5.75 Å². The van der Waals surface area contributed by atoms with Gasteiger partial charge in [0.1, 0.15) is 5.75 Å². The van der Waals surface area contributed by atoms with Gasteiger partial charge in [-0.25, -0.2) is 0 Å². The summed E-state index contributed by atoms with van der Waals surface area (Å²) in [6.45, 7) is 0. The zero-order valence-electron chi connectivity index (χ0n) is 7.51. The van der Waals surface area contributed by atoms with Crippen molar-refractivity contribution >= 4 is 60.4 Å². The molecule has 0 aromatic heterocycles. The van der Waals surface area contributed by atoms with E-state index in [1.807, 2.05) is 0 Å². The predicted octanol–water partition coefficient (Wildman–Crippen LogP) is 3.61. The Morgan fingerprint density at radius 2 is 1.33 bits per heavy atom. The van der Waals surface area contributed by atoms with Crippen molar-refractivity contribution in [2.45, 2.75) is 0 Å². The molecule has 0 saturated carbocycles. The van der Waals surface area contributed by atoms with Crippen LogP contribution in [0.3, 0.4) is 0 Å². The van der Waals surface area contributed by atoms with Crippen molar-refractivity contribution in [2.75, 3.05) is 7.11 Å². The van der Waals surface area contributed by atoms with Crippen molar-refractivity contribution in [3.05, 3.63) is 24.5 Å². The number of aldehydes is 2. The molecule has 0 N–H and O–H groups in total. The van der Waals surface area contributed by atoms with E-state index in [4.69, 9.17) is 4.74 Å². The van der Waals surface area contributed by atoms with E-state index in [1.54, 1.807) is 0 Å². The zero-order chi connectivity index (χ0) is 11.6. The number of halogens is 3. The molecule has 1 aromatic rings. The molecule has 80 valence electrons. The molecule has 0 radical (unpaired) electrons. The first kappa shape index (κ1) is 12.9. The first-order chi connectivity index (χ1) is 7.08. The molecule has 0 aliphatic carbocycles. The average Bonchev–Trinajstić information content (AvgIpc) is 2.19. The van der Waals surface area contributed by atoms with Crippen LogP contribution >= 0.6 is 47.8 Å². The summed E-state index contributed by atoms with van der Waals surface area (Å²) in [6.07, 6.45) is 1.30. The first-order valence-corrected chi connectivity index (χ1v) is 6.11. The van der Waals surface area contributed by atoms with E-state index < -0.39 is 0 Å².